The lowest BCUT2D eigenvalue weighted by atomic mass is 10.0. The molecule has 1 aromatic carbocycles. The number of piperidine rings is 1. The molecule has 0 aliphatic carbocycles. The lowest BCUT2D eigenvalue weighted by Crippen LogP contribution is -2.40. The SMILES string of the molecule is CCNC(=O)CNC(=O)c1ccccc1OCCN1CCCC[C@@H]1C. The minimum Gasteiger partial charge on any atom is -0.491 e. The van der Waals surface area contributed by atoms with Gasteiger partial charge in [-0.2, -0.15) is 0 Å². The number of ether oxygens (including phenoxy) is 1. The predicted molar refractivity (Wildman–Crippen MR) is 97.8 cm³/mol. The fraction of sp³-hybridized carbons (Fsp3) is 0.579. The molecule has 0 unspecified atom stereocenters. The smallest absolute Gasteiger partial charge is 0.255 e. The number of nitrogens with one attached hydrogen (secondary N) is 2. The van der Waals surface area contributed by atoms with Gasteiger partial charge in [0.25, 0.3) is 5.91 Å². The zero-order valence-corrected chi connectivity index (χ0v) is 15.2. The second-order valence-electron chi connectivity index (χ2n) is 6.36. The van der Waals surface area contributed by atoms with Gasteiger partial charge in [0.2, 0.25) is 5.91 Å². The van der Waals surface area contributed by atoms with E-state index in [1.807, 2.05) is 13.0 Å². The normalized spacial score (nSPS) is 17.8. The number of para-hydroxylation sites is 1. The van der Waals surface area contributed by atoms with Crippen LogP contribution in [-0.2, 0) is 4.79 Å². The van der Waals surface area contributed by atoms with Crippen LogP contribution in [-0.4, -0.2) is 55.5 Å². The van der Waals surface area contributed by atoms with Crippen molar-refractivity contribution in [2.45, 2.75) is 39.2 Å². The van der Waals surface area contributed by atoms with Crippen LogP contribution >= 0.6 is 0 Å². The summed E-state index contributed by atoms with van der Waals surface area (Å²) in [6.45, 7) is 7.11. The molecular weight excluding hydrogens is 318 g/mol. The number of likely N-dealkylation sites (tertiary alicyclic amines) is 1. The van der Waals surface area contributed by atoms with E-state index in [0.29, 0.717) is 30.5 Å². The Morgan fingerprint density at radius 2 is 2.04 bits per heavy atom. The third kappa shape index (κ3) is 6.05. The first-order valence-corrected chi connectivity index (χ1v) is 9.12. The van der Waals surface area contributed by atoms with Gasteiger partial charge in [-0.15, -0.1) is 0 Å². The molecule has 0 radical (unpaired) electrons. The maximum atomic E-state index is 12.3. The molecule has 1 heterocycles. The molecule has 1 aliphatic rings. The summed E-state index contributed by atoms with van der Waals surface area (Å²) in [6.07, 6.45) is 3.77. The average Bonchev–Trinajstić information content (AvgIpc) is 2.62. The van der Waals surface area contributed by atoms with Crippen molar-refractivity contribution < 1.29 is 14.3 Å². The van der Waals surface area contributed by atoms with E-state index < -0.39 is 0 Å². The molecule has 0 saturated carbocycles. The predicted octanol–water partition coefficient (Wildman–Crippen LogP) is 1.81. The molecule has 1 atom stereocenters. The van der Waals surface area contributed by atoms with Gasteiger partial charge in [0, 0.05) is 19.1 Å². The van der Waals surface area contributed by atoms with Gasteiger partial charge in [-0.1, -0.05) is 18.6 Å². The second kappa shape index (κ2) is 10.0. The van der Waals surface area contributed by atoms with Crippen LogP contribution in [0.25, 0.3) is 0 Å². The minimum atomic E-state index is -0.298. The van der Waals surface area contributed by atoms with Gasteiger partial charge in [-0.3, -0.25) is 14.5 Å². The maximum absolute atomic E-state index is 12.3. The molecule has 6 heteroatoms. The number of amides is 2. The van der Waals surface area contributed by atoms with Gasteiger partial charge < -0.3 is 15.4 Å². The largest absolute Gasteiger partial charge is 0.491 e. The molecular formula is C19H29N3O3. The van der Waals surface area contributed by atoms with E-state index in [9.17, 15) is 9.59 Å². The van der Waals surface area contributed by atoms with E-state index in [4.69, 9.17) is 4.74 Å². The number of rotatable bonds is 8. The summed E-state index contributed by atoms with van der Waals surface area (Å²) >= 11 is 0. The van der Waals surface area contributed by atoms with E-state index in [-0.39, 0.29) is 18.4 Å². The molecule has 2 amide bonds. The quantitative estimate of drug-likeness (QED) is 0.752. The van der Waals surface area contributed by atoms with Gasteiger partial charge >= 0.3 is 0 Å². The summed E-state index contributed by atoms with van der Waals surface area (Å²) in [5.41, 5.74) is 0.457. The van der Waals surface area contributed by atoms with Crippen molar-refractivity contribution in [1.29, 1.82) is 0 Å². The van der Waals surface area contributed by atoms with E-state index in [2.05, 4.69) is 22.5 Å². The van der Waals surface area contributed by atoms with Crippen LogP contribution in [0.15, 0.2) is 24.3 Å². The van der Waals surface area contributed by atoms with Gasteiger partial charge in [-0.25, -0.2) is 0 Å². The zero-order chi connectivity index (χ0) is 18.1. The fourth-order valence-corrected chi connectivity index (χ4v) is 3.06. The second-order valence-corrected chi connectivity index (χ2v) is 6.36. The Morgan fingerprint density at radius 3 is 2.80 bits per heavy atom. The number of hydrogen-bond acceptors (Lipinski definition) is 4. The van der Waals surface area contributed by atoms with E-state index in [1.165, 1.54) is 19.3 Å². The lowest BCUT2D eigenvalue weighted by Gasteiger charge is -2.33. The standard InChI is InChI=1S/C19H29N3O3/c1-3-20-18(23)14-21-19(24)16-9-4-5-10-17(16)25-13-12-22-11-7-6-8-15(22)2/h4-5,9-10,15H,3,6-8,11-14H2,1-2H3,(H,20,23)(H,21,24)/t15-/m0/s1. The van der Waals surface area contributed by atoms with Crippen LogP contribution < -0.4 is 15.4 Å². The number of benzene rings is 1. The summed E-state index contributed by atoms with van der Waals surface area (Å²) in [5, 5.41) is 5.28. The molecule has 0 bridgehead atoms. The van der Waals surface area contributed by atoms with Crippen molar-refractivity contribution >= 4 is 11.8 Å². The molecule has 1 aliphatic heterocycles. The number of carbonyl (C=O) groups is 2. The number of carbonyl (C=O) groups excluding carboxylic acids is 2. The number of likely N-dealkylation sites (N-methyl/N-ethyl adjacent to an activating group) is 1. The minimum absolute atomic E-state index is 0.0354. The van der Waals surface area contributed by atoms with Crippen LogP contribution in [0.5, 0.6) is 5.75 Å². The molecule has 1 fully saturated rings. The molecule has 25 heavy (non-hydrogen) atoms. The van der Waals surface area contributed by atoms with E-state index >= 15 is 0 Å². The maximum Gasteiger partial charge on any atom is 0.255 e. The average molecular weight is 347 g/mol. The van der Waals surface area contributed by atoms with Gasteiger partial charge in [0.05, 0.1) is 12.1 Å². The highest BCUT2D eigenvalue weighted by Gasteiger charge is 2.18. The molecule has 1 aromatic rings. The Hall–Kier alpha value is -2.08. The number of nitrogens with zero attached hydrogens (tertiary/aromatic N) is 1. The van der Waals surface area contributed by atoms with E-state index in [1.54, 1.807) is 18.2 Å². The molecule has 0 aromatic heterocycles. The summed E-state index contributed by atoms with van der Waals surface area (Å²) in [7, 11) is 0. The third-order valence-corrected chi connectivity index (χ3v) is 4.49. The molecule has 2 rings (SSSR count). The Kier molecular flexibility index (Phi) is 7.73. The highest BCUT2D eigenvalue weighted by Crippen LogP contribution is 2.19. The van der Waals surface area contributed by atoms with Crippen LogP contribution in [0.1, 0.15) is 43.5 Å². The van der Waals surface area contributed by atoms with Gasteiger partial charge in [0.15, 0.2) is 0 Å². The highest BCUT2D eigenvalue weighted by molar-refractivity contribution is 5.98. The van der Waals surface area contributed by atoms with Crippen LogP contribution in [0.2, 0.25) is 0 Å². The number of hydrogen-bond donors (Lipinski definition) is 2. The van der Waals surface area contributed by atoms with Crippen molar-refractivity contribution in [2.24, 2.45) is 0 Å². The molecule has 1 saturated heterocycles. The Labute approximate surface area is 149 Å². The fourth-order valence-electron chi connectivity index (χ4n) is 3.06. The van der Waals surface area contributed by atoms with E-state index in [0.717, 1.165) is 13.1 Å². The Morgan fingerprint density at radius 1 is 1.24 bits per heavy atom. The topological polar surface area (TPSA) is 70.7 Å². The van der Waals surface area contributed by atoms with Gasteiger partial charge in [0.1, 0.15) is 12.4 Å². The van der Waals surface area contributed by atoms with Crippen LogP contribution in [0.3, 0.4) is 0 Å². The van der Waals surface area contributed by atoms with Crippen molar-refractivity contribution in [2.75, 3.05) is 32.8 Å². The molecule has 0 spiro atoms. The van der Waals surface area contributed by atoms with Crippen molar-refractivity contribution in [1.82, 2.24) is 15.5 Å². The summed E-state index contributed by atoms with van der Waals surface area (Å²) < 4.78 is 5.86. The third-order valence-electron chi connectivity index (χ3n) is 4.49. The molecule has 2 N–H and O–H groups in total. The summed E-state index contributed by atoms with van der Waals surface area (Å²) in [4.78, 5) is 26.2. The Balaban J connectivity index is 1.86. The summed E-state index contributed by atoms with van der Waals surface area (Å²) in [6, 6.07) is 7.74. The lowest BCUT2D eigenvalue weighted by molar-refractivity contribution is -0.120. The molecule has 138 valence electrons. The monoisotopic (exact) mass is 347 g/mol. The van der Waals surface area contributed by atoms with Gasteiger partial charge in [-0.05, 0) is 45.4 Å². The van der Waals surface area contributed by atoms with Crippen molar-refractivity contribution in [3.8, 4) is 5.75 Å². The van der Waals surface area contributed by atoms with Crippen LogP contribution in [0, 0.1) is 0 Å². The molecule has 6 nitrogen and oxygen atoms in total. The first-order chi connectivity index (χ1) is 12.1. The van der Waals surface area contributed by atoms with Crippen molar-refractivity contribution in [3.63, 3.8) is 0 Å². The first-order valence-electron chi connectivity index (χ1n) is 9.12. The summed E-state index contributed by atoms with van der Waals surface area (Å²) in [5.74, 6) is 0.0575. The van der Waals surface area contributed by atoms with Crippen molar-refractivity contribution in [3.05, 3.63) is 29.8 Å². The highest BCUT2D eigenvalue weighted by atomic mass is 16.5. The first kappa shape index (κ1) is 19.2. The zero-order valence-electron chi connectivity index (χ0n) is 15.2. The Bertz CT molecular complexity index is 577. The van der Waals surface area contributed by atoms with Crippen LogP contribution in [0.4, 0.5) is 0 Å².